The molecule has 1 amide bonds. The number of hydrogen-bond donors (Lipinski definition) is 2. The highest BCUT2D eigenvalue weighted by Crippen LogP contribution is 2.32. The zero-order valence-corrected chi connectivity index (χ0v) is 21.2. The maximum atomic E-state index is 13.1. The summed E-state index contributed by atoms with van der Waals surface area (Å²) in [6.45, 7) is 2.52. The first-order chi connectivity index (χ1) is 18.6. The molecular weight excluding hydrogens is 558 g/mol. The number of ether oxygens (including phenoxy) is 2. The van der Waals surface area contributed by atoms with Gasteiger partial charge in [0.25, 0.3) is 5.91 Å². The molecule has 1 atom stereocenters. The van der Waals surface area contributed by atoms with Gasteiger partial charge in [0.2, 0.25) is 5.88 Å². The van der Waals surface area contributed by atoms with Gasteiger partial charge < -0.3 is 29.2 Å². The highest BCUT2D eigenvalue weighted by molar-refractivity contribution is 5.96. The van der Waals surface area contributed by atoms with Crippen molar-refractivity contribution in [1.82, 2.24) is 19.4 Å². The van der Waals surface area contributed by atoms with Crippen LogP contribution in [-0.4, -0.2) is 86.7 Å². The number of halogens is 6. The molecule has 1 aliphatic heterocycles. The molecule has 1 unspecified atom stereocenters. The van der Waals surface area contributed by atoms with Crippen molar-refractivity contribution in [3.05, 3.63) is 41.6 Å². The quantitative estimate of drug-likeness (QED) is 0.489. The van der Waals surface area contributed by atoms with E-state index in [9.17, 15) is 31.1 Å². The van der Waals surface area contributed by atoms with Crippen LogP contribution in [0.25, 0.3) is 0 Å². The van der Waals surface area contributed by atoms with E-state index in [-0.39, 0.29) is 11.8 Å². The predicted molar refractivity (Wildman–Crippen MR) is 122 cm³/mol. The number of aryl methyl sites for hydroxylation is 1. The van der Waals surface area contributed by atoms with E-state index in [0.29, 0.717) is 31.1 Å². The van der Waals surface area contributed by atoms with Crippen LogP contribution in [0.1, 0.15) is 40.5 Å². The molecule has 40 heavy (non-hydrogen) atoms. The summed E-state index contributed by atoms with van der Waals surface area (Å²) < 4.78 is 76.7. The first kappa shape index (κ1) is 32.3. The summed E-state index contributed by atoms with van der Waals surface area (Å²) in [5.41, 5.74) is 2.59. The van der Waals surface area contributed by atoms with E-state index >= 15 is 0 Å². The number of rotatable bonds is 6. The summed E-state index contributed by atoms with van der Waals surface area (Å²) in [4.78, 5) is 41.3. The number of carbonyl (C=O) groups is 3. The average molecular weight is 584 g/mol. The smallest absolute Gasteiger partial charge is 0.480 e. The molecule has 11 nitrogen and oxygen atoms in total. The van der Waals surface area contributed by atoms with E-state index in [2.05, 4.69) is 9.97 Å². The number of methoxy groups -OCH3 is 1. The first-order valence-corrected chi connectivity index (χ1v) is 11.5. The van der Waals surface area contributed by atoms with Gasteiger partial charge in [-0.15, -0.1) is 0 Å². The lowest BCUT2D eigenvalue weighted by atomic mass is 9.98. The van der Waals surface area contributed by atoms with E-state index in [1.807, 2.05) is 22.8 Å². The molecule has 17 heteroatoms. The number of aromatic nitrogens is 3. The Hall–Kier alpha value is -3.89. The molecule has 2 aliphatic rings. The second-order valence-electron chi connectivity index (χ2n) is 8.72. The molecule has 222 valence electrons. The van der Waals surface area contributed by atoms with Crippen LogP contribution in [0.3, 0.4) is 0 Å². The minimum absolute atomic E-state index is 0.0848. The largest absolute Gasteiger partial charge is 0.490 e. The number of carboxylic acids is 2. The van der Waals surface area contributed by atoms with Gasteiger partial charge in [0.1, 0.15) is 5.56 Å². The van der Waals surface area contributed by atoms with Crippen LogP contribution in [0.15, 0.2) is 24.7 Å². The summed E-state index contributed by atoms with van der Waals surface area (Å²) in [6.07, 6.45) is -4.19. The Kier molecular flexibility index (Phi) is 10.9. The standard InChI is InChI=1S/C19H24N4O3.2C2HF3O2/c1-22-12-21-16-9-23(19(24)15-4-3-7-20-18(15)25-2)8-14(17(16)22)11-26-10-13-5-6-13;2*3-2(4,5)1(6)7/h3-4,7,12-14H,5-6,8-11H2,1-2H3;2*(H,6,7). The van der Waals surface area contributed by atoms with Gasteiger partial charge in [0.05, 0.1) is 32.3 Å². The molecular formula is C23H26F6N4O7. The molecule has 2 N–H and O–H groups in total. The van der Waals surface area contributed by atoms with Crippen molar-refractivity contribution in [3.63, 3.8) is 0 Å². The number of carbonyl (C=O) groups excluding carboxylic acids is 1. The molecule has 1 fully saturated rings. The van der Waals surface area contributed by atoms with E-state index in [1.165, 1.54) is 25.6 Å². The average Bonchev–Trinajstić information content (AvgIpc) is 3.63. The molecule has 1 saturated carbocycles. The maximum absolute atomic E-state index is 13.1. The minimum Gasteiger partial charge on any atom is -0.480 e. The van der Waals surface area contributed by atoms with Crippen molar-refractivity contribution in [3.8, 4) is 5.88 Å². The fourth-order valence-corrected chi connectivity index (χ4v) is 3.57. The number of carboxylic acid groups (broad SMARTS) is 2. The number of hydrogen-bond acceptors (Lipinski definition) is 7. The van der Waals surface area contributed by atoms with Crippen LogP contribution < -0.4 is 4.74 Å². The Bertz CT molecular complexity index is 1160. The van der Waals surface area contributed by atoms with Crippen LogP contribution in [0.5, 0.6) is 5.88 Å². The lowest BCUT2D eigenvalue weighted by Gasteiger charge is -2.33. The third-order valence-electron chi connectivity index (χ3n) is 5.57. The van der Waals surface area contributed by atoms with Crippen LogP contribution in [0.2, 0.25) is 0 Å². The lowest BCUT2D eigenvalue weighted by molar-refractivity contribution is -0.193. The number of pyridine rings is 1. The zero-order chi connectivity index (χ0) is 30.3. The van der Waals surface area contributed by atoms with Crippen LogP contribution >= 0.6 is 0 Å². The molecule has 3 heterocycles. The van der Waals surface area contributed by atoms with Gasteiger partial charge in [-0.2, -0.15) is 26.3 Å². The number of fused-ring (bicyclic) bond motifs is 1. The van der Waals surface area contributed by atoms with E-state index in [1.54, 1.807) is 18.3 Å². The van der Waals surface area contributed by atoms with E-state index < -0.39 is 24.3 Å². The van der Waals surface area contributed by atoms with Gasteiger partial charge in [-0.1, -0.05) is 0 Å². The monoisotopic (exact) mass is 584 g/mol. The number of amides is 1. The van der Waals surface area contributed by atoms with Gasteiger partial charge in [0.15, 0.2) is 0 Å². The van der Waals surface area contributed by atoms with Gasteiger partial charge >= 0.3 is 24.3 Å². The topological polar surface area (TPSA) is 144 Å². The summed E-state index contributed by atoms with van der Waals surface area (Å²) in [7, 11) is 3.53. The fraction of sp³-hybridized carbons (Fsp3) is 0.522. The second-order valence-corrected chi connectivity index (χ2v) is 8.72. The third-order valence-corrected chi connectivity index (χ3v) is 5.57. The summed E-state index contributed by atoms with van der Waals surface area (Å²) in [5.74, 6) is -4.40. The van der Waals surface area contributed by atoms with Gasteiger partial charge in [-0.25, -0.2) is 19.6 Å². The summed E-state index contributed by atoms with van der Waals surface area (Å²) >= 11 is 0. The molecule has 0 spiro atoms. The molecule has 2 aromatic rings. The van der Waals surface area contributed by atoms with Crippen molar-refractivity contribution in [1.29, 1.82) is 0 Å². The Morgan fingerprint density at radius 2 is 1.60 bits per heavy atom. The molecule has 1 aliphatic carbocycles. The molecule has 0 saturated heterocycles. The predicted octanol–water partition coefficient (Wildman–Crippen LogP) is 3.26. The summed E-state index contributed by atoms with van der Waals surface area (Å²) in [5, 5.41) is 14.2. The van der Waals surface area contributed by atoms with Crippen molar-refractivity contribution in [2.75, 3.05) is 26.9 Å². The van der Waals surface area contributed by atoms with Crippen molar-refractivity contribution in [2.24, 2.45) is 13.0 Å². The van der Waals surface area contributed by atoms with Crippen LogP contribution in [0, 0.1) is 5.92 Å². The van der Waals surface area contributed by atoms with Crippen LogP contribution in [0.4, 0.5) is 26.3 Å². The van der Waals surface area contributed by atoms with Gasteiger partial charge in [-0.05, 0) is 30.9 Å². The Labute approximate surface area is 223 Å². The Morgan fingerprint density at radius 3 is 2.10 bits per heavy atom. The molecule has 0 radical (unpaired) electrons. The van der Waals surface area contributed by atoms with Crippen molar-refractivity contribution >= 4 is 17.8 Å². The Morgan fingerprint density at radius 1 is 1.02 bits per heavy atom. The first-order valence-electron chi connectivity index (χ1n) is 11.5. The maximum Gasteiger partial charge on any atom is 0.490 e. The highest BCUT2D eigenvalue weighted by Gasteiger charge is 2.39. The van der Waals surface area contributed by atoms with Crippen molar-refractivity contribution < 1.29 is 60.4 Å². The number of alkyl halides is 6. The fourth-order valence-electron chi connectivity index (χ4n) is 3.57. The minimum atomic E-state index is -5.08. The van der Waals surface area contributed by atoms with E-state index in [0.717, 1.165) is 18.2 Å². The third kappa shape index (κ3) is 9.39. The molecule has 4 rings (SSSR count). The van der Waals surface area contributed by atoms with E-state index in [4.69, 9.17) is 29.3 Å². The zero-order valence-electron chi connectivity index (χ0n) is 21.2. The number of aliphatic carboxylic acids is 2. The van der Waals surface area contributed by atoms with Gasteiger partial charge in [0, 0.05) is 38.0 Å². The molecule has 0 bridgehead atoms. The normalized spacial score (nSPS) is 16.5. The van der Waals surface area contributed by atoms with Crippen LogP contribution in [-0.2, 0) is 27.9 Å². The highest BCUT2D eigenvalue weighted by atomic mass is 19.4. The number of imidazole rings is 1. The SMILES string of the molecule is COc1ncccc1C(=O)N1Cc2ncn(C)c2C(COCC2CC2)C1.O=C(O)C(F)(F)F.O=C(O)C(F)(F)F. The van der Waals surface area contributed by atoms with Gasteiger partial charge in [-0.3, -0.25) is 4.79 Å². The molecule has 0 aromatic carbocycles. The Balaban J connectivity index is 0.000000333. The molecule has 2 aromatic heterocycles. The van der Waals surface area contributed by atoms with Crippen molar-refractivity contribution in [2.45, 2.75) is 37.7 Å². The number of nitrogens with zero attached hydrogens (tertiary/aromatic N) is 4. The lowest BCUT2D eigenvalue weighted by Crippen LogP contribution is -2.40. The second kappa shape index (κ2) is 13.5. The summed E-state index contributed by atoms with van der Waals surface area (Å²) in [6, 6.07) is 3.50.